The minimum absolute atomic E-state index is 0.200. The first-order chi connectivity index (χ1) is 15.7. The molecule has 3 amide bonds. The number of aryl methyl sites for hydroxylation is 1. The molecule has 33 heavy (non-hydrogen) atoms. The number of carboxylic acid groups (broad SMARTS) is 2. The topological polar surface area (TPSA) is 141 Å². The molecule has 3 rings (SSSR count). The summed E-state index contributed by atoms with van der Waals surface area (Å²) in [4.78, 5) is 61.4. The van der Waals surface area contributed by atoms with Crippen LogP contribution in [0.5, 0.6) is 0 Å². The Labute approximate surface area is 193 Å². The van der Waals surface area contributed by atoms with Gasteiger partial charge in [-0.15, -0.1) is 0 Å². The van der Waals surface area contributed by atoms with E-state index in [0.29, 0.717) is 5.69 Å². The van der Waals surface area contributed by atoms with Gasteiger partial charge in [0.15, 0.2) is 0 Å². The molecule has 0 radical (unpaired) electrons. The van der Waals surface area contributed by atoms with E-state index in [1.54, 1.807) is 12.1 Å². The lowest BCUT2D eigenvalue weighted by Gasteiger charge is -2.15. The van der Waals surface area contributed by atoms with Gasteiger partial charge in [0.25, 0.3) is 5.24 Å². The van der Waals surface area contributed by atoms with Crippen LogP contribution in [-0.2, 0) is 16.0 Å². The summed E-state index contributed by atoms with van der Waals surface area (Å²) in [5.74, 6) is -3.89. The molecule has 172 valence electrons. The largest absolute Gasteiger partial charge is 0.478 e. The number of nitrogens with one attached hydrogen (secondary N) is 1. The van der Waals surface area contributed by atoms with Gasteiger partial charge < -0.3 is 15.5 Å². The summed E-state index contributed by atoms with van der Waals surface area (Å²) in [6.45, 7) is 2.09. The zero-order valence-electron chi connectivity index (χ0n) is 17.7. The van der Waals surface area contributed by atoms with Crippen molar-refractivity contribution in [1.82, 2.24) is 0 Å². The number of nitrogens with zero attached hydrogens (tertiary/aromatic N) is 1. The molecule has 2 aromatic rings. The van der Waals surface area contributed by atoms with E-state index < -0.39 is 34.2 Å². The van der Waals surface area contributed by atoms with Gasteiger partial charge in [-0.25, -0.2) is 14.5 Å². The lowest BCUT2D eigenvalue weighted by molar-refractivity contribution is -0.121. The Kier molecular flexibility index (Phi) is 7.49. The molecule has 0 aromatic heterocycles. The minimum atomic E-state index is -1.35. The molecule has 1 aliphatic heterocycles. The monoisotopic (exact) mass is 470 g/mol. The maximum Gasteiger partial charge on any atom is 0.337 e. The van der Waals surface area contributed by atoms with E-state index >= 15 is 0 Å². The average molecular weight is 471 g/mol. The lowest BCUT2D eigenvalue weighted by Crippen LogP contribution is -2.33. The molecular weight excluding hydrogens is 448 g/mol. The molecular formula is C23H22N2O7S. The maximum atomic E-state index is 12.8. The van der Waals surface area contributed by atoms with Gasteiger partial charge in [-0.2, -0.15) is 0 Å². The number of imide groups is 1. The highest BCUT2D eigenvalue weighted by Crippen LogP contribution is 2.34. The van der Waals surface area contributed by atoms with Gasteiger partial charge in [0, 0.05) is 6.42 Å². The van der Waals surface area contributed by atoms with Crippen LogP contribution in [0, 0.1) is 0 Å². The summed E-state index contributed by atoms with van der Waals surface area (Å²) >= 11 is 0.718. The number of benzene rings is 2. The van der Waals surface area contributed by atoms with Crippen LogP contribution >= 0.6 is 11.8 Å². The van der Waals surface area contributed by atoms with Gasteiger partial charge in [0.1, 0.15) is 5.25 Å². The molecule has 1 unspecified atom stereocenters. The van der Waals surface area contributed by atoms with Crippen molar-refractivity contribution < 1.29 is 34.2 Å². The molecule has 2 aromatic carbocycles. The fraction of sp³-hybridized carbons (Fsp3) is 0.261. The number of rotatable bonds is 9. The van der Waals surface area contributed by atoms with Crippen molar-refractivity contribution >= 4 is 52.1 Å². The van der Waals surface area contributed by atoms with E-state index in [-0.39, 0.29) is 23.2 Å². The van der Waals surface area contributed by atoms with E-state index in [4.69, 9.17) is 5.11 Å². The van der Waals surface area contributed by atoms with Crippen molar-refractivity contribution in [2.24, 2.45) is 0 Å². The first-order valence-electron chi connectivity index (χ1n) is 10.2. The van der Waals surface area contributed by atoms with Crippen LogP contribution in [0.3, 0.4) is 0 Å². The van der Waals surface area contributed by atoms with Gasteiger partial charge in [-0.05, 0) is 60.5 Å². The third kappa shape index (κ3) is 5.58. The van der Waals surface area contributed by atoms with Crippen molar-refractivity contribution in [3.05, 3.63) is 59.2 Å². The highest BCUT2D eigenvalue weighted by Gasteiger charge is 2.41. The maximum absolute atomic E-state index is 12.8. The number of hydrogen-bond donors (Lipinski definition) is 3. The number of anilines is 2. The van der Waals surface area contributed by atoms with Crippen molar-refractivity contribution in [1.29, 1.82) is 0 Å². The van der Waals surface area contributed by atoms with Crippen LogP contribution < -0.4 is 10.2 Å². The predicted molar refractivity (Wildman–Crippen MR) is 123 cm³/mol. The number of thioether (sulfide) groups is 1. The summed E-state index contributed by atoms with van der Waals surface area (Å²) in [5.41, 5.74) is 0.822. The molecule has 1 aliphatic rings. The van der Waals surface area contributed by atoms with Gasteiger partial charge in [0.2, 0.25) is 11.8 Å². The van der Waals surface area contributed by atoms with Crippen LogP contribution in [0.15, 0.2) is 42.5 Å². The summed E-state index contributed by atoms with van der Waals surface area (Å²) in [5, 5.41) is 19.3. The smallest absolute Gasteiger partial charge is 0.337 e. The third-order valence-electron chi connectivity index (χ3n) is 5.08. The number of carbonyl (C=O) groups excluding carboxylic acids is 3. The average Bonchev–Trinajstić information content (AvgIpc) is 3.04. The van der Waals surface area contributed by atoms with Crippen LogP contribution in [0.25, 0.3) is 0 Å². The molecule has 0 aliphatic carbocycles. The van der Waals surface area contributed by atoms with Crippen molar-refractivity contribution in [3.63, 3.8) is 0 Å². The van der Waals surface area contributed by atoms with Gasteiger partial charge in [-0.3, -0.25) is 14.4 Å². The number of amides is 3. The van der Waals surface area contributed by atoms with E-state index in [1.807, 2.05) is 12.1 Å². The van der Waals surface area contributed by atoms with Crippen molar-refractivity contribution in [2.45, 2.75) is 37.9 Å². The van der Waals surface area contributed by atoms with Gasteiger partial charge >= 0.3 is 11.9 Å². The summed E-state index contributed by atoms with van der Waals surface area (Å²) in [7, 11) is 0. The van der Waals surface area contributed by atoms with E-state index in [1.165, 1.54) is 0 Å². The number of carboxylic acids is 2. The summed E-state index contributed by atoms with van der Waals surface area (Å²) < 4.78 is 0. The third-order valence-corrected chi connectivity index (χ3v) is 6.11. The fourth-order valence-corrected chi connectivity index (χ4v) is 4.33. The first-order valence-corrected chi connectivity index (χ1v) is 11.1. The van der Waals surface area contributed by atoms with E-state index in [9.17, 15) is 29.1 Å². The number of aromatic carboxylic acids is 2. The SMILES string of the molecule is CCCCc1ccc(N2C(=O)SC(CC(=O)Nc3cc(C(=O)O)ccc3C(=O)O)C2=O)cc1. The van der Waals surface area contributed by atoms with Gasteiger partial charge in [-0.1, -0.05) is 25.5 Å². The second kappa shape index (κ2) is 10.3. The van der Waals surface area contributed by atoms with Crippen LogP contribution in [-0.4, -0.2) is 44.5 Å². The second-order valence-electron chi connectivity index (χ2n) is 7.44. The number of hydrogen-bond acceptors (Lipinski definition) is 6. The zero-order valence-corrected chi connectivity index (χ0v) is 18.6. The zero-order chi connectivity index (χ0) is 24.1. The Hall–Kier alpha value is -3.66. The Morgan fingerprint density at radius 1 is 1.03 bits per heavy atom. The molecule has 1 saturated heterocycles. The van der Waals surface area contributed by atoms with Crippen LogP contribution in [0.2, 0.25) is 0 Å². The molecule has 1 fully saturated rings. The Balaban J connectivity index is 1.71. The Bertz CT molecular complexity index is 1110. The highest BCUT2D eigenvalue weighted by atomic mass is 32.2. The fourth-order valence-electron chi connectivity index (χ4n) is 3.35. The molecule has 10 heteroatoms. The summed E-state index contributed by atoms with van der Waals surface area (Å²) in [6.07, 6.45) is 2.61. The molecule has 3 N–H and O–H groups in total. The molecule has 0 saturated carbocycles. The Morgan fingerprint density at radius 2 is 1.73 bits per heavy atom. The molecule has 9 nitrogen and oxygen atoms in total. The minimum Gasteiger partial charge on any atom is -0.478 e. The van der Waals surface area contributed by atoms with Crippen LogP contribution in [0.1, 0.15) is 52.5 Å². The number of unbranched alkanes of at least 4 members (excludes halogenated alkanes) is 1. The van der Waals surface area contributed by atoms with Gasteiger partial charge in [0.05, 0.1) is 22.5 Å². The van der Waals surface area contributed by atoms with Crippen LogP contribution in [0.4, 0.5) is 16.2 Å². The lowest BCUT2D eigenvalue weighted by atomic mass is 10.1. The molecule has 0 bridgehead atoms. The summed E-state index contributed by atoms with van der Waals surface area (Å²) in [6, 6.07) is 10.3. The Morgan fingerprint density at radius 3 is 2.33 bits per heavy atom. The van der Waals surface area contributed by atoms with E-state index in [0.717, 1.165) is 59.7 Å². The molecule has 0 spiro atoms. The normalized spacial score (nSPS) is 15.5. The van der Waals surface area contributed by atoms with Crippen molar-refractivity contribution in [3.8, 4) is 0 Å². The molecule has 1 atom stereocenters. The number of carbonyl (C=O) groups is 5. The predicted octanol–water partition coefficient (Wildman–Crippen LogP) is 4.02. The molecule has 1 heterocycles. The second-order valence-corrected chi connectivity index (χ2v) is 8.59. The standard InChI is InChI=1S/C23H22N2O7S/c1-2-3-4-13-5-8-15(9-6-13)25-20(27)18(33-23(25)32)12-19(26)24-17-11-14(21(28)29)7-10-16(17)22(30)31/h5-11,18H,2-4,12H2,1H3,(H,24,26)(H,28,29)(H,30,31). The first kappa shape index (κ1) is 24.0. The quantitative estimate of drug-likeness (QED) is 0.499. The van der Waals surface area contributed by atoms with E-state index in [2.05, 4.69) is 12.2 Å². The highest BCUT2D eigenvalue weighted by molar-refractivity contribution is 8.15. The van der Waals surface area contributed by atoms with Crippen molar-refractivity contribution in [2.75, 3.05) is 10.2 Å².